The van der Waals surface area contributed by atoms with Crippen LogP contribution >= 0.6 is 23.6 Å². The van der Waals surface area contributed by atoms with Crippen molar-refractivity contribution in [2.75, 3.05) is 5.32 Å². The highest BCUT2D eigenvalue weighted by Gasteiger charge is 2.20. The van der Waals surface area contributed by atoms with E-state index in [1.807, 2.05) is 68.0 Å². The Hall–Kier alpha value is -2.50. The Morgan fingerprint density at radius 1 is 1.08 bits per heavy atom. The molecule has 0 aliphatic heterocycles. The first-order valence-corrected chi connectivity index (χ1v) is 9.57. The van der Waals surface area contributed by atoms with Crippen molar-refractivity contribution in [3.63, 3.8) is 0 Å². The molecule has 0 saturated heterocycles. The van der Waals surface area contributed by atoms with Gasteiger partial charge in [-0.05, 0) is 61.2 Å². The van der Waals surface area contributed by atoms with Crippen LogP contribution in [0.25, 0.3) is 11.5 Å². The number of nitrogens with one attached hydrogen (secondary N) is 1. The van der Waals surface area contributed by atoms with Gasteiger partial charge in [0.15, 0.2) is 17.4 Å². The second kappa shape index (κ2) is 7.81. The van der Waals surface area contributed by atoms with E-state index in [-0.39, 0.29) is 5.76 Å². The third kappa shape index (κ3) is 3.84. The summed E-state index contributed by atoms with van der Waals surface area (Å²) in [4.78, 5) is 1.08. The minimum absolute atomic E-state index is 0.0848. The van der Waals surface area contributed by atoms with E-state index < -0.39 is 0 Å². The number of thiophene rings is 1. The number of hydrogen-bond acceptors (Lipinski definition) is 3. The predicted octanol–water partition coefficient (Wildman–Crippen LogP) is 4.09. The largest absolute Gasteiger partial charge is 0.867 e. The van der Waals surface area contributed by atoms with Gasteiger partial charge in [-0.1, -0.05) is 30.4 Å². The van der Waals surface area contributed by atoms with E-state index in [1.165, 1.54) is 16.9 Å². The number of aromatic nitrogens is 1. The van der Waals surface area contributed by atoms with Crippen LogP contribution in [0.1, 0.15) is 21.6 Å². The van der Waals surface area contributed by atoms with Crippen LogP contribution in [0.3, 0.4) is 0 Å². The molecule has 0 spiro atoms. The van der Waals surface area contributed by atoms with Gasteiger partial charge in [0, 0.05) is 22.2 Å². The van der Waals surface area contributed by atoms with Crippen molar-refractivity contribution in [2.45, 2.75) is 20.8 Å². The number of rotatable bonds is 4. The minimum Gasteiger partial charge on any atom is -0.867 e. The van der Waals surface area contributed by atoms with E-state index in [0.29, 0.717) is 15.6 Å². The molecule has 3 rings (SSSR count). The lowest BCUT2D eigenvalue weighted by Crippen LogP contribution is -2.40. The average Bonchev–Trinajstić information content (AvgIpc) is 3.14. The highest BCUT2D eigenvalue weighted by atomic mass is 32.1. The van der Waals surface area contributed by atoms with Gasteiger partial charge >= 0.3 is 0 Å². The van der Waals surface area contributed by atoms with Crippen LogP contribution in [-0.4, -0.2) is 4.99 Å². The average molecular weight is 381 g/mol. The fourth-order valence-electron chi connectivity index (χ4n) is 2.66. The van der Waals surface area contributed by atoms with Gasteiger partial charge in [0.2, 0.25) is 5.70 Å². The van der Waals surface area contributed by atoms with Gasteiger partial charge in [0.1, 0.15) is 0 Å². The zero-order chi connectivity index (χ0) is 18.7. The lowest BCUT2D eigenvalue weighted by molar-refractivity contribution is -0.578. The van der Waals surface area contributed by atoms with E-state index >= 15 is 0 Å². The van der Waals surface area contributed by atoms with Gasteiger partial charge in [-0.2, -0.15) is 4.57 Å². The maximum Gasteiger partial charge on any atom is 0.239 e. The lowest BCUT2D eigenvalue weighted by atomic mass is 10.1. The summed E-state index contributed by atoms with van der Waals surface area (Å²) < 4.78 is 1.80. The summed E-state index contributed by atoms with van der Waals surface area (Å²) in [6.07, 6.45) is 3.77. The molecular formula is C21H20N2OS2. The Bertz CT molecular complexity index is 975. The van der Waals surface area contributed by atoms with Crippen molar-refractivity contribution in [3.05, 3.63) is 81.8 Å². The second-order valence-corrected chi connectivity index (χ2v) is 7.50. The monoisotopic (exact) mass is 380 g/mol. The van der Waals surface area contributed by atoms with Crippen molar-refractivity contribution < 1.29 is 9.67 Å². The fourth-order valence-corrected chi connectivity index (χ4v) is 3.63. The summed E-state index contributed by atoms with van der Waals surface area (Å²) in [6.45, 7) is 6.09. The summed E-state index contributed by atoms with van der Waals surface area (Å²) in [6, 6.07) is 13.6. The smallest absolute Gasteiger partial charge is 0.239 e. The lowest BCUT2D eigenvalue weighted by Gasteiger charge is -2.17. The molecule has 0 saturated carbocycles. The zero-order valence-corrected chi connectivity index (χ0v) is 16.6. The van der Waals surface area contributed by atoms with E-state index in [4.69, 9.17) is 12.2 Å². The number of anilines is 1. The van der Waals surface area contributed by atoms with E-state index in [9.17, 15) is 5.11 Å². The van der Waals surface area contributed by atoms with Gasteiger partial charge in [0.05, 0.1) is 0 Å². The van der Waals surface area contributed by atoms with Crippen LogP contribution < -0.4 is 15.0 Å². The maximum absolute atomic E-state index is 13.1. The minimum atomic E-state index is -0.0848. The highest BCUT2D eigenvalue weighted by Crippen LogP contribution is 2.23. The van der Waals surface area contributed by atoms with Crippen molar-refractivity contribution in [3.8, 4) is 0 Å². The summed E-state index contributed by atoms with van der Waals surface area (Å²) in [5, 5.41) is 18.3. The van der Waals surface area contributed by atoms with Gasteiger partial charge in [0.25, 0.3) is 0 Å². The SMILES string of the molecule is Cc1ccc[n+](C(C(=S)Nc2cccc(C)c2C)=C([O-])c2cccs2)c1. The number of benzene rings is 1. The molecular weight excluding hydrogens is 360 g/mol. The molecule has 26 heavy (non-hydrogen) atoms. The molecule has 5 heteroatoms. The zero-order valence-electron chi connectivity index (χ0n) is 14.9. The molecule has 0 bridgehead atoms. The van der Waals surface area contributed by atoms with Crippen molar-refractivity contribution in [1.82, 2.24) is 0 Å². The molecule has 1 N–H and O–H groups in total. The molecule has 0 aliphatic carbocycles. The molecule has 1 aromatic carbocycles. The van der Waals surface area contributed by atoms with Gasteiger partial charge in [-0.15, -0.1) is 11.3 Å². The summed E-state index contributed by atoms with van der Waals surface area (Å²) in [7, 11) is 0. The fraction of sp³-hybridized carbons (Fsp3) is 0.143. The van der Waals surface area contributed by atoms with Crippen LogP contribution in [0.15, 0.2) is 60.2 Å². The van der Waals surface area contributed by atoms with E-state index in [2.05, 4.69) is 18.3 Å². The van der Waals surface area contributed by atoms with Crippen LogP contribution in [-0.2, 0) is 0 Å². The summed E-state index contributed by atoms with van der Waals surface area (Å²) in [5.41, 5.74) is 4.71. The van der Waals surface area contributed by atoms with Crippen molar-refractivity contribution >= 4 is 45.7 Å². The van der Waals surface area contributed by atoms with Crippen molar-refractivity contribution in [1.29, 1.82) is 0 Å². The first kappa shape index (κ1) is 18.3. The number of aryl methyl sites for hydroxylation is 2. The van der Waals surface area contributed by atoms with Crippen LogP contribution in [0, 0.1) is 20.8 Å². The Balaban J connectivity index is 2.08. The summed E-state index contributed by atoms with van der Waals surface area (Å²) in [5.74, 6) is -0.0848. The first-order valence-electron chi connectivity index (χ1n) is 8.28. The second-order valence-electron chi connectivity index (χ2n) is 6.15. The quantitative estimate of drug-likeness (QED) is 0.321. The van der Waals surface area contributed by atoms with E-state index in [0.717, 1.165) is 16.8 Å². The Kier molecular flexibility index (Phi) is 5.49. The molecule has 3 nitrogen and oxygen atoms in total. The molecule has 0 radical (unpaired) electrons. The molecule has 132 valence electrons. The predicted molar refractivity (Wildman–Crippen MR) is 111 cm³/mol. The molecule has 0 amide bonds. The highest BCUT2D eigenvalue weighted by molar-refractivity contribution is 7.81. The molecule has 0 fully saturated rings. The number of nitrogens with zero attached hydrogens (tertiary/aromatic N) is 1. The molecule has 0 unspecified atom stereocenters. The van der Waals surface area contributed by atoms with Crippen LogP contribution in [0.5, 0.6) is 0 Å². The summed E-state index contributed by atoms with van der Waals surface area (Å²) >= 11 is 7.07. The van der Waals surface area contributed by atoms with Crippen LogP contribution in [0.2, 0.25) is 0 Å². The standard InChI is InChI=1S/C21H20N2OS2/c1-14-7-5-11-23(13-14)19(20(24)18-10-6-12-26-18)21(25)22-17-9-4-8-15(2)16(17)3/h4-13H,1-3H3,(H-,22,24,25). The molecule has 0 atom stereocenters. The maximum atomic E-state index is 13.1. The Labute approximate surface area is 163 Å². The molecule has 2 heterocycles. The Morgan fingerprint density at radius 3 is 2.58 bits per heavy atom. The number of pyridine rings is 1. The van der Waals surface area contributed by atoms with Gasteiger partial charge < -0.3 is 10.4 Å². The van der Waals surface area contributed by atoms with E-state index in [1.54, 1.807) is 4.57 Å². The molecule has 0 aliphatic rings. The third-order valence-corrected chi connectivity index (χ3v) is 5.40. The van der Waals surface area contributed by atoms with Gasteiger partial charge in [-0.3, -0.25) is 0 Å². The molecule has 2 aromatic heterocycles. The van der Waals surface area contributed by atoms with Gasteiger partial charge in [-0.25, -0.2) is 0 Å². The normalized spacial score (nSPS) is 11.8. The third-order valence-electron chi connectivity index (χ3n) is 4.23. The van der Waals surface area contributed by atoms with Crippen LogP contribution in [0.4, 0.5) is 5.69 Å². The molecule has 3 aromatic rings. The number of hydrogen-bond donors (Lipinski definition) is 1. The van der Waals surface area contributed by atoms with Crippen molar-refractivity contribution in [2.24, 2.45) is 0 Å². The topological polar surface area (TPSA) is 39.0 Å². The Morgan fingerprint density at radius 2 is 1.88 bits per heavy atom. The first-order chi connectivity index (χ1) is 12.5. The number of thiocarbonyl (C=S) groups is 1.